The third kappa shape index (κ3) is 3.72. The van der Waals surface area contributed by atoms with E-state index in [1.807, 2.05) is 24.3 Å². The van der Waals surface area contributed by atoms with E-state index in [-0.39, 0.29) is 12.3 Å². The summed E-state index contributed by atoms with van der Waals surface area (Å²) in [7, 11) is 3.17. The van der Waals surface area contributed by atoms with Gasteiger partial charge in [-0.2, -0.15) is 0 Å². The highest BCUT2D eigenvalue weighted by molar-refractivity contribution is 5.83. The Morgan fingerprint density at radius 1 is 1.19 bits per heavy atom. The van der Waals surface area contributed by atoms with Crippen LogP contribution in [0.1, 0.15) is 5.56 Å². The Bertz CT molecular complexity index is 907. The lowest BCUT2D eigenvalue weighted by atomic mass is 10.2. The number of nitrogens with zero attached hydrogens (tertiary/aromatic N) is 4. The van der Waals surface area contributed by atoms with Crippen molar-refractivity contribution in [1.82, 2.24) is 14.8 Å². The average molecular weight is 358 g/mol. The lowest BCUT2D eigenvalue weighted by molar-refractivity contribution is -0.385. The molecule has 0 saturated carbocycles. The van der Waals surface area contributed by atoms with E-state index in [0.29, 0.717) is 30.1 Å². The van der Waals surface area contributed by atoms with E-state index < -0.39 is 4.92 Å². The van der Waals surface area contributed by atoms with E-state index in [4.69, 9.17) is 14.2 Å². The number of hydrogen-bond acceptors (Lipinski definition) is 7. The molecular formula is C17H18N4O5. The molecule has 3 aromatic rings. The summed E-state index contributed by atoms with van der Waals surface area (Å²) in [6.45, 7) is 1.11. The molecule has 0 bridgehead atoms. The molecule has 0 saturated heterocycles. The van der Waals surface area contributed by atoms with E-state index in [0.717, 1.165) is 11.3 Å². The smallest absolute Gasteiger partial charge is 0.288 e. The lowest BCUT2D eigenvalue weighted by Gasteiger charge is -2.04. The minimum atomic E-state index is -0.494. The normalized spacial score (nSPS) is 10.8. The zero-order chi connectivity index (χ0) is 18.5. The second-order valence-electron chi connectivity index (χ2n) is 5.47. The number of aromatic nitrogens is 3. The first-order valence-corrected chi connectivity index (χ1v) is 7.88. The van der Waals surface area contributed by atoms with Crippen LogP contribution >= 0.6 is 0 Å². The molecule has 0 fully saturated rings. The van der Waals surface area contributed by atoms with Gasteiger partial charge < -0.3 is 14.2 Å². The van der Waals surface area contributed by atoms with Gasteiger partial charge in [0.25, 0.3) is 5.69 Å². The number of pyridine rings is 1. The van der Waals surface area contributed by atoms with Crippen molar-refractivity contribution in [2.75, 3.05) is 27.4 Å². The largest absolute Gasteiger partial charge is 0.497 e. The first-order chi connectivity index (χ1) is 12.6. The molecule has 26 heavy (non-hydrogen) atoms. The summed E-state index contributed by atoms with van der Waals surface area (Å²) in [5.74, 6) is 1.05. The van der Waals surface area contributed by atoms with Gasteiger partial charge in [-0.1, -0.05) is 12.1 Å². The number of benzene rings is 1. The van der Waals surface area contributed by atoms with Crippen LogP contribution in [0.3, 0.4) is 0 Å². The highest BCUT2D eigenvalue weighted by atomic mass is 16.6. The van der Waals surface area contributed by atoms with Crippen molar-refractivity contribution in [1.29, 1.82) is 0 Å². The van der Waals surface area contributed by atoms with Crippen molar-refractivity contribution < 1.29 is 19.1 Å². The van der Waals surface area contributed by atoms with Gasteiger partial charge in [0.1, 0.15) is 18.6 Å². The van der Waals surface area contributed by atoms with Crippen LogP contribution in [0.5, 0.6) is 11.6 Å². The Hall–Kier alpha value is -3.20. The van der Waals surface area contributed by atoms with Crippen LogP contribution in [-0.2, 0) is 11.3 Å². The molecule has 0 atom stereocenters. The van der Waals surface area contributed by atoms with E-state index in [1.54, 1.807) is 18.9 Å². The number of fused-ring (bicyclic) bond motifs is 1. The maximum atomic E-state index is 11.0. The molecule has 1 aromatic carbocycles. The van der Waals surface area contributed by atoms with Crippen LogP contribution < -0.4 is 9.47 Å². The Kier molecular flexibility index (Phi) is 5.28. The van der Waals surface area contributed by atoms with Gasteiger partial charge in [-0.15, -0.1) is 5.10 Å². The van der Waals surface area contributed by atoms with Gasteiger partial charge in [-0.3, -0.25) is 10.1 Å². The van der Waals surface area contributed by atoms with Gasteiger partial charge in [0.15, 0.2) is 5.65 Å². The zero-order valence-corrected chi connectivity index (χ0v) is 14.4. The molecule has 9 nitrogen and oxygen atoms in total. The molecule has 0 aliphatic rings. The number of methoxy groups -OCH3 is 2. The second kappa shape index (κ2) is 7.79. The molecule has 0 unspecified atom stereocenters. The van der Waals surface area contributed by atoms with Crippen molar-refractivity contribution in [2.45, 2.75) is 6.54 Å². The highest BCUT2D eigenvalue weighted by Gasteiger charge is 2.18. The van der Waals surface area contributed by atoms with Gasteiger partial charge in [0.05, 0.1) is 30.6 Å². The fraction of sp³-hybridized carbons (Fsp3) is 0.294. The summed E-state index contributed by atoms with van der Waals surface area (Å²) in [5, 5.41) is 16.0. The van der Waals surface area contributed by atoms with E-state index in [2.05, 4.69) is 10.1 Å². The van der Waals surface area contributed by atoms with E-state index >= 15 is 0 Å². The number of rotatable bonds is 8. The van der Waals surface area contributed by atoms with Crippen molar-refractivity contribution in [3.8, 4) is 11.6 Å². The van der Waals surface area contributed by atoms with Gasteiger partial charge >= 0.3 is 0 Å². The Labute approximate surface area is 149 Å². The first-order valence-electron chi connectivity index (χ1n) is 7.88. The van der Waals surface area contributed by atoms with Crippen LogP contribution in [-0.4, -0.2) is 47.1 Å². The van der Waals surface area contributed by atoms with E-state index in [9.17, 15) is 10.1 Å². The Balaban J connectivity index is 1.96. The Morgan fingerprint density at radius 3 is 2.62 bits per heavy atom. The molecule has 136 valence electrons. The van der Waals surface area contributed by atoms with Gasteiger partial charge in [-0.05, 0) is 17.7 Å². The maximum absolute atomic E-state index is 11.0. The molecule has 0 amide bonds. The number of hydrogen-bond donors (Lipinski definition) is 0. The third-order valence-electron chi connectivity index (χ3n) is 3.77. The summed E-state index contributed by atoms with van der Waals surface area (Å²) < 4.78 is 17.4. The molecule has 0 spiro atoms. The summed E-state index contributed by atoms with van der Waals surface area (Å²) in [4.78, 5) is 14.8. The fourth-order valence-corrected chi connectivity index (χ4v) is 2.46. The van der Waals surface area contributed by atoms with Crippen LogP contribution in [0, 0.1) is 10.1 Å². The molecular weight excluding hydrogens is 340 g/mol. The number of ether oxygens (including phenoxy) is 3. The molecule has 2 aromatic heterocycles. The summed E-state index contributed by atoms with van der Waals surface area (Å²) in [6.07, 6.45) is 1.22. The topological polar surface area (TPSA) is 102 Å². The van der Waals surface area contributed by atoms with Crippen molar-refractivity contribution in [2.24, 2.45) is 0 Å². The van der Waals surface area contributed by atoms with Gasteiger partial charge in [0, 0.05) is 13.2 Å². The first kappa shape index (κ1) is 17.6. The summed E-state index contributed by atoms with van der Waals surface area (Å²) in [6, 6.07) is 8.97. The Morgan fingerprint density at radius 2 is 1.96 bits per heavy atom. The summed E-state index contributed by atoms with van der Waals surface area (Å²) >= 11 is 0. The quantitative estimate of drug-likeness (QED) is 0.346. The molecule has 0 N–H and O–H groups in total. The van der Waals surface area contributed by atoms with Crippen LogP contribution in [0.4, 0.5) is 5.69 Å². The zero-order valence-electron chi connectivity index (χ0n) is 14.4. The highest BCUT2D eigenvalue weighted by Crippen LogP contribution is 2.27. The van der Waals surface area contributed by atoms with E-state index in [1.165, 1.54) is 12.3 Å². The molecule has 0 aliphatic heterocycles. The predicted molar refractivity (Wildman–Crippen MR) is 93.6 cm³/mol. The SMILES string of the molecule is COCCOc1nn(Cc2ccc(OC)cc2)c2ncc([N+](=O)[O-])cc12. The predicted octanol–water partition coefficient (Wildman–Crippen LogP) is 2.42. The minimum absolute atomic E-state index is 0.113. The average Bonchev–Trinajstić information content (AvgIpc) is 2.99. The maximum Gasteiger partial charge on any atom is 0.288 e. The van der Waals surface area contributed by atoms with Crippen molar-refractivity contribution in [3.05, 3.63) is 52.2 Å². The fourth-order valence-electron chi connectivity index (χ4n) is 2.46. The van der Waals surface area contributed by atoms with Gasteiger partial charge in [0.2, 0.25) is 5.88 Å². The standard InChI is InChI=1S/C17H18N4O5/c1-24-7-8-26-17-15-9-13(21(22)23)10-18-16(15)20(19-17)11-12-3-5-14(25-2)6-4-12/h3-6,9-10H,7-8,11H2,1-2H3. The molecule has 2 heterocycles. The van der Waals surface area contributed by atoms with Crippen molar-refractivity contribution in [3.63, 3.8) is 0 Å². The minimum Gasteiger partial charge on any atom is -0.497 e. The second-order valence-corrected chi connectivity index (χ2v) is 5.47. The molecule has 0 radical (unpaired) electrons. The molecule has 0 aliphatic carbocycles. The monoisotopic (exact) mass is 358 g/mol. The lowest BCUT2D eigenvalue weighted by Crippen LogP contribution is -2.06. The van der Waals surface area contributed by atoms with Gasteiger partial charge in [-0.25, -0.2) is 9.67 Å². The third-order valence-corrected chi connectivity index (χ3v) is 3.77. The number of nitro groups is 1. The molecule has 3 rings (SSSR count). The summed E-state index contributed by atoms with van der Waals surface area (Å²) in [5.41, 5.74) is 1.38. The van der Waals surface area contributed by atoms with Crippen LogP contribution in [0.15, 0.2) is 36.5 Å². The van der Waals surface area contributed by atoms with Crippen molar-refractivity contribution >= 4 is 16.7 Å². The molecule has 9 heteroatoms. The van der Waals surface area contributed by atoms with Crippen LogP contribution in [0.25, 0.3) is 11.0 Å². The van der Waals surface area contributed by atoms with Crippen LogP contribution in [0.2, 0.25) is 0 Å².